The number of aliphatic carboxylic acids is 1. The molecule has 10 heteroatoms. The SMILES string of the molecule is CC(C)(C)OC(=O)N(Cc1cnc(C2C[C@@H]2C(=O)O)cn1)Cc1cc(Br)c(F)cc1F. The quantitative estimate of drug-likeness (QED) is 0.584. The molecule has 1 amide bonds. The van der Waals surface area contributed by atoms with Crippen LogP contribution in [-0.2, 0) is 22.6 Å². The predicted octanol–water partition coefficient (Wildman–Crippen LogP) is 4.64. The van der Waals surface area contributed by atoms with Crippen molar-refractivity contribution in [3.63, 3.8) is 0 Å². The Bertz CT molecular complexity index is 995. The maximum atomic E-state index is 14.3. The van der Waals surface area contributed by atoms with E-state index >= 15 is 0 Å². The molecule has 1 heterocycles. The van der Waals surface area contributed by atoms with Gasteiger partial charge in [-0.05, 0) is 49.2 Å². The Morgan fingerprint density at radius 1 is 1.19 bits per heavy atom. The van der Waals surface area contributed by atoms with Crippen LogP contribution in [-0.4, -0.2) is 37.6 Å². The van der Waals surface area contributed by atoms with E-state index in [1.54, 1.807) is 20.8 Å². The molecule has 166 valence electrons. The number of hydrogen-bond acceptors (Lipinski definition) is 5. The molecule has 7 nitrogen and oxygen atoms in total. The molecule has 31 heavy (non-hydrogen) atoms. The lowest BCUT2D eigenvalue weighted by Crippen LogP contribution is -2.36. The number of ether oxygens (including phenoxy) is 1. The smallest absolute Gasteiger partial charge is 0.410 e. The van der Waals surface area contributed by atoms with Gasteiger partial charge in [-0.2, -0.15) is 0 Å². The standard InChI is InChI=1S/C21H22BrF2N3O4/c1-21(2,3)31-20(30)27(9-11-4-15(22)17(24)6-16(11)23)10-12-7-26-18(8-25-12)13-5-14(13)19(28)29/h4,6-8,13-14H,5,9-10H2,1-3H3,(H,28,29)/t13?,14-/m0/s1. The Balaban J connectivity index is 1.79. The largest absolute Gasteiger partial charge is 0.481 e. The van der Waals surface area contributed by atoms with Crippen molar-refractivity contribution in [3.8, 4) is 0 Å². The summed E-state index contributed by atoms with van der Waals surface area (Å²) < 4.78 is 33.3. The number of carboxylic acids is 1. The first-order valence-corrected chi connectivity index (χ1v) is 10.4. The molecule has 2 atom stereocenters. The molecule has 0 saturated heterocycles. The van der Waals surface area contributed by atoms with Gasteiger partial charge in [-0.15, -0.1) is 0 Å². The fourth-order valence-electron chi connectivity index (χ4n) is 3.03. The monoisotopic (exact) mass is 497 g/mol. The van der Waals surface area contributed by atoms with E-state index in [9.17, 15) is 18.4 Å². The molecule has 2 aromatic rings. The third kappa shape index (κ3) is 5.96. The number of aromatic nitrogens is 2. The van der Waals surface area contributed by atoms with Gasteiger partial charge in [0.25, 0.3) is 0 Å². The fourth-order valence-corrected chi connectivity index (χ4v) is 3.42. The molecule has 1 aromatic carbocycles. The highest BCUT2D eigenvalue weighted by molar-refractivity contribution is 9.10. The first-order valence-electron chi connectivity index (χ1n) is 9.59. The van der Waals surface area contributed by atoms with Crippen molar-refractivity contribution in [1.82, 2.24) is 14.9 Å². The molecule has 1 aromatic heterocycles. The molecule has 3 rings (SSSR count). The average molecular weight is 498 g/mol. The second kappa shape index (κ2) is 8.86. The van der Waals surface area contributed by atoms with Crippen molar-refractivity contribution < 1.29 is 28.2 Å². The molecular formula is C21H22BrF2N3O4. The predicted molar refractivity (Wildman–Crippen MR) is 110 cm³/mol. The summed E-state index contributed by atoms with van der Waals surface area (Å²) in [6.45, 7) is 4.93. The summed E-state index contributed by atoms with van der Waals surface area (Å²) in [6.07, 6.45) is 2.78. The minimum absolute atomic E-state index is 0.0242. The number of nitrogens with zero attached hydrogens (tertiary/aromatic N) is 3. The van der Waals surface area contributed by atoms with Gasteiger partial charge in [0.15, 0.2) is 0 Å². The molecule has 0 bridgehead atoms. The molecular weight excluding hydrogens is 476 g/mol. The summed E-state index contributed by atoms with van der Waals surface area (Å²) in [5.41, 5.74) is 0.327. The van der Waals surface area contributed by atoms with Crippen LogP contribution >= 0.6 is 15.9 Å². The van der Waals surface area contributed by atoms with Gasteiger partial charge in [0, 0.05) is 23.7 Å². The van der Waals surface area contributed by atoms with E-state index in [-0.39, 0.29) is 29.0 Å². The van der Waals surface area contributed by atoms with Gasteiger partial charge in [-0.25, -0.2) is 13.6 Å². The van der Waals surface area contributed by atoms with Crippen LogP contribution in [0.5, 0.6) is 0 Å². The van der Waals surface area contributed by atoms with Crippen LogP contribution in [0.2, 0.25) is 0 Å². The van der Waals surface area contributed by atoms with Crippen LogP contribution in [0.15, 0.2) is 29.0 Å². The maximum absolute atomic E-state index is 14.3. The molecule has 0 spiro atoms. The number of halogens is 3. The van der Waals surface area contributed by atoms with Crippen molar-refractivity contribution in [2.75, 3.05) is 0 Å². The van der Waals surface area contributed by atoms with Gasteiger partial charge in [0.1, 0.15) is 17.2 Å². The van der Waals surface area contributed by atoms with Crippen LogP contribution < -0.4 is 0 Å². The number of carbonyl (C=O) groups is 2. The average Bonchev–Trinajstić information content (AvgIpc) is 3.46. The molecule has 1 aliphatic carbocycles. The first-order chi connectivity index (χ1) is 14.4. The van der Waals surface area contributed by atoms with Crippen LogP contribution in [0.25, 0.3) is 0 Å². The highest BCUT2D eigenvalue weighted by atomic mass is 79.9. The van der Waals surface area contributed by atoms with Crippen LogP contribution in [0, 0.1) is 17.6 Å². The van der Waals surface area contributed by atoms with E-state index in [2.05, 4.69) is 25.9 Å². The topological polar surface area (TPSA) is 92.6 Å². The number of hydrogen-bond donors (Lipinski definition) is 1. The van der Waals surface area contributed by atoms with Crippen LogP contribution in [0.1, 0.15) is 50.1 Å². The lowest BCUT2D eigenvalue weighted by Gasteiger charge is -2.27. The third-order valence-corrected chi connectivity index (χ3v) is 5.28. The zero-order valence-electron chi connectivity index (χ0n) is 17.2. The molecule has 1 N–H and O–H groups in total. The van der Waals surface area contributed by atoms with E-state index in [4.69, 9.17) is 9.84 Å². The lowest BCUT2D eigenvalue weighted by atomic mass is 10.2. The van der Waals surface area contributed by atoms with E-state index in [0.29, 0.717) is 17.8 Å². The lowest BCUT2D eigenvalue weighted by molar-refractivity contribution is -0.138. The van der Waals surface area contributed by atoms with Crippen LogP contribution in [0.4, 0.5) is 13.6 Å². The van der Waals surface area contributed by atoms with Gasteiger partial charge in [0.05, 0.1) is 41.1 Å². The number of benzene rings is 1. The molecule has 1 fully saturated rings. The van der Waals surface area contributed by atoms with Gasteiger partial charge in [-0.3, -0.25) is 19.7 Å². The first kappa shape index (κ1) is 23.1. The summed E-state index contributed by atoms with van der Waals surface area (Å²) in [7, 11) is 0. The number of rotatable bonds is 6. The van der Waals surface area contributed by atoms with E-state index in [1.807, 2.05) is 0 Å². The minimum Gasteiger partial charge on any atom is -0.481 e. The molecule has 0 aliphatic heterocycles. The highest BCUT2D eigenvalue weighted by Crippen LogP contribution is 2.46. The van der Waals surface area contributed by atoms with Gasteiger partial charge in [0.2, 0.25) is 0 Å². The Morgan fingerprint density at radius 2 is 1.90 bits per heavy atom. The Kier molecular flexibility index (Phi) is 6.59. The molecule has 1 unspecified atom stereocenters. The number of carbonyl (C=O) groups excluding carboxylic acids is 1. The third-order valence-electron chi connectivity index (χ3n) is 4.67. The normalized spacial score (nSPS) is 17.9. The zero-order chi connectivity index (χ0) is 22.9. The molecule has 0 radical (unpaired) electrons. The minimum atomic E-state index is -0.862. The van der Waals surface area contributed by atoms with E-state index < -0.39 is 35.2 Å². The van der Waals surface area contributed by atoms with E-state index in [1.165, 1.54) is 23.4 Å². The van der Waals surface area contributed by atoms with Gasteiger partial charge < -0.3 is 9.84 Å². The van der Waals surface area contributed by atoms with Crippen molar-refractivity contribution in [2.24, 2.45) is 5.92 Å². The Hall–Kier alpha value is -2.62. The summed E-state index contributed by atoms with van der Waals surface area (Å²) in [6, 6.07) is 2.02. The summed E-state index contributed by atoms with van der Waals surface area (Å²) in [5, 5.41) is 9.05. The summed E-state index contributed by atoms with van der Waals surface area (Å²) >= 11 is 3.02. The van der Waals surface area contributed by atoms with Crippen LogP contribution in [0.3, 0.4) is 0 Å². The summed E-state index contributed by atoms with van der Waals surface area (Å²) in [4.78, 5) is 33.5. The van der Waals surface area contributed by atoms with Crippen molar-refractivity contribution in [1.29, 1.82) is 0 Å². The second-order valence-corrected chi connectivity index (χ2v) is 9.27. The zero-order valence-corrected chi connectivity index (χ0v) is 18.8. The molecule has 1 aliphatic rings. The maximum Gasteiger partial charge on any atom is 0.410 e. The van der Waals surface area contributed by atoms with Gasteiger partial charge >= 0.3 is 12.1 Å². The number of carboxylic acid groups (broad SMARTS) is 1. The highest BCUT2D eigenvalue weighted by Gasteiger charge is 2.45. The van der Waals surface area contributed by atoms with Gasteiger partial charge in [-0.1, -0.05) is 0 Å². The van der Waals surface area contributed by atoms with E-state index in [0.717, 1.165) is 6.07 Å². The summed E-state index contributed by atoms with van der Waals surface area (Å²) in [5.74, 6) is -3.00. The second-order valence-electron chi connectivity index (χ2n) is 8.41. The number of amides is 1. The fraction of sp³-hybridized carbons (Fsp3) is 0.429. The Labute approximate surface area is 186 Å². The molecule has 1 saturated carbocycles. The van der Waals surface area contributed by atoms with Crippen molar-refractivity contribution in [3.05, 3.63) is 57.6 Å². The van der Waals surface area contributed by atoms with Crippen molar-refractivity contribution >= 4 is 28.0 Å². The Morgan fingerprint density at radius 3 is 2.45 bits per heavy atom. The van der Waals surface area contributed by atoms with Crippen molar-refractivity contribution in [2.45, 2.75) is 51.8 Å².